The second-order valence-electron chi connectivity index (χ2n) is 3.78. The SMILES string of the molecule is C[C@H](Oc1ccc(CO)c(C(F)(F)F)c1)C(F)(F)F. The maximum Gasteiger partial charge on any atom is 0.425 e. The van der Waals surface area contributed by atoms with E-state index in [0.29, 0.717) is 13.0 Å². The van der Waals surface area contributed by atoms with Crippen LogP contribution in [-0.4, -0.2) is 17.4 Å². The lowest BCUT2D eigenvalue weighted by atomic mass is 10.1. The third kappa shape index (κ3) is 4.02. The minimum absolute atomic E-state index is 0.431. The van der Waals surface area contributed by atoms with E-state index in [2.05, 4.69) is 4.74 Å². The van der Waals surface area contributed by atoms with Gasteiger partial charge >= 0.3 is 12.4 Å². The maximum absolute atomic E-state index is 12.6. The van der Waals surface area contributed by atoms with Crippen molar-refractivity contribution in [1.82, 2.24) is 0 Å². The fourth-order valence-corrected chi connectivity index (χ4v) is 1.30. The van der Waals surface area contributed by atoms with E-state index in [0.717, 1.165) is 12.1 Å². The summed E-state index contributed by atoms with van der Waals surface area (Å²) in [4.78, 5) is 0. The number of rotatable bonds is 3. The Bertz CT molecular complexity index is 438. The zero-order chi connectivity index (χ0) is 14.8. The van der Waals surface area contributed by atoms with Crippen molar-refractivity contribution >= 4 is 0 Å². The summed E-state index contributed by atoms with van der Waals surface area (Å²) in [5, 5.41) is 8.76. The van der Waals surface area contributed by atoms with E-state index >= 15 is 0 Å². The van der Waals surface area contributed by atoms with Crippen molar-refractivity contribution in [3.8, 4) is 5.75 Å². The molecule has 0 aromatic heterocycles. The van der Waals surface area contributed by atoms with Crippen LogP contribution in [0, 0.1) is 0 Å². The summed E-state index contributed by atoms with van der Waals surface area (Å²) >= 11 is 0. The molecule has 0 radical (unpaired) electrons. The number of alkyl halides is 6. The zero-order valence-electron chi connectivity index (χ0n) is 9.64. The zero-order valence-corrected chi connectivity index (χ0v) is 9.64. The predicted molar refractivity (Wildman–Crippen MR) is 53.5 cm³/mol. The minimum atomic E-state index is -4.78. The molecule has 0 saturated carbocycles. The van der Waals surface area contributed by atoms with E-state index in [1.807, 2.05) is 0 Å². The molecule has 0 aliphatic rings. The number of aliphatic hydroxyl groups is 1. The van der Waals surface area contributed by atoms with Crippen molar-refractivity contribution in [2.75, 3.05) is 0 Å². The third-order valence-electron chi connectivity index (χ3n) is 2.33. The fraction of sp³-hybridized carbons (Fsp3) is 0.455. The van der Waals surface area contributed by atoms with E-state index in [-0.39, 0.29) is 0 Å². The van der Waals surface area contributed by atoms with E-state index in [1.54, 1.807) is 0 Å². The van der Waals surface area contributed by atoms with Gasteiger partial charge in [-0.15, -0.1) is 0 Å². The Hall–Kier alpha value is -1.44. The molecule has 1 atom stereocenters. The average Bonchev–Trinajstić information content (AvgIpc) is 2.26. The molecule has 0 unspecified atom stereocenters. The topological polar surface area (TPSA) is 29.5 Å². The van der Waals surface area contributed by atoms with Crippen LogP contribution in [0.4, 0.5) is 26.3 Å². The Morgan fingerprint density at radius 2 is 1.74 bits per heavy atom. The van der Waals surface area contributed by atoms with E-state index in [4.69, 9.17) is 5.11 Å². The summed E-state index contributed by atoms with van der Waals surface area (Å²) in [6.07, 6.45) is -11.7. The van der Waals surface area contributed by atoms with E-state index in [9.17, 15) is 26.3 Å². The highest BCUT2D eigenvalue weighted by atomic mass is 19.4. The molecule has 19 heavy (non-hydrogen) atoms. The first-order valence-electron chi connectivity index (χ1n) is 5.10. The first kappa shape index (κ1) is 15.6. The molecule has 1 aromatic carbocycles. The van der Waals surface area contributed by atoms with Gasteiger partial charge in [0.25, 0.3) is 0 Å². The number of aliphatic hydroxyl groups excluding tert-OH is 1. The van der Waals surface area contributed by atoms with Crippen molar-refractivity contribution in [3.05, 3.63) is 29.3 Å². The lowest BCUT2D eigenvalue weighted by Crippen LogP contribution is -2.31. The van der Waals surface area contributed by atoms with Gasteiger partial charge in [0, 0.05) is 0 Å². The third-order valence-corrected chi connectivity index (χ3v) is 2.33. The quantitative estimate of drug-likeness (QED) is 0.862. The van der Waals surface area contributed by atoms with E-state index in [1.165, 1.54) is 0 Å². The van der Waals surface area contributed by atoms with Gasteiger partial charge in [-0.2, -0.15) is 26.3 Å². The van der Waals surface area contributed by atoms with Crippen LogP contribution in [-0.2, 0) is 12.8 Å². The Morgan fingerprint density at radius 1 is 1.16 bits per heavy atom. The van der Waals surface area contributed by atoms with Gasteiger partial charge in [0.1, 0.15) is 5.75 Å². The number of hydrogen-bond acceptors (Lipinski definition) is 2. The summed E-state index contributed by atoms with van der Waals surface area (Å²) in [6, 6.07) is 2.26. The second kappa shape index (κ2) is 5.28. The molecule has 0 bridgehead atoms. The number of halogens is 6. The summed E-state index contributed by atoms with van der Waals surface area (Å²) in [6.45, 7) is -0.183. The van der Waals surface area contributed by atoms with Crippen LogP contribution in [0.5, 0.6) is 5.75 Å². The fourth-order valence-electron chi connectivity index (χ4n) is 1.30. The highest BCUT2D eigenvalue weighted by Crippen LogP contribution is 2.35. The Labute approximate surface area is 104 Å². The molecule has 2 nitrogen and oxygen atoms in total. The summed E-state index contributed by atoms with van der Waals surface area (Å²) in [7, 11) is 0. The maximum atomic E-state index is 12.6. The predicted octanol–water partition coefficient (Wildman–Crippen LogP) is 3.53. The number of benzene rings is 1. The van der Waals surface area contributed by atoms with Gasteiger partial charge in [-0.05, 0) is 24.6 Å². The highest BCUT2D eigenvalue weighted by molar-refractivity contribution is 5.37. The van der Waals surface area contributed by atoms with E-state index < -0.39 is 41.9 Å². The Kier molecular flexibility index (Phi) is 4.34. The summed E-state index contributed by atoms with van der Waals surface area (Å²) < 4.78 is 78.9. The molecule has 108 valence electrons. The van der Waals surface area contributed by atoms with Gasteiger partial charge < -0.3 is 9.84 Å². The van der Waals surface area contributed by atoms with Crippen LogP contribution in [0.15, 0.2) is 18.2 Å². The smallest absolute Gasteiger partial charge is 0.425 e. The molecule has 0 spiro atoms. The van der Waals surface area contributed by atoms with Gasteiger partial charge in [0.2, 0.25) is 0 Å². The van der Waals surface area contributed by atoms with Crippen molar-refractivity contribution in [2.45, 2.75) is 32.0 Å². The Balaban J connectivity index is 3.06. The van der Waals surface area contributed by atoms with Gasteiger partial charge in [-0.3, -0.25) is 0 Å². The number of ether oxygens (including phenoxy) is 1. The monoisotopic (exact) mass is 288 g/mol. The lowest BCUT2D eigenvalue weighted by molar-refractivity contribution is -0.189. The summed E-state index contributed by atoms with van der Waals surface area (Å²) in [5.74, 6) is -0.561. The van der Waals surface area contributed by atoms with Crippen LogP contribution in [0.3, 0.4) is 0 Å². The van der Waals surface area contributed by atoms with Crippen molar-refractivity contribution in [1.29, 1.82) is 0 Å². The first-order chi connectivity index (χ1) is 8.55. The standard InChI is InChI=1S/C11H10F6O2/c1-6(10(12,13)14)19-8-3-2-7(5-18)9(4-8)11(15,16)17/h2-4,6,18H,5H2,1H3/t6-/m0/s1. The van der Waals surface area contributed by atoms with Crippen LogP contribution in [0.2, 0.25) is 0 Å². The average molecular weight is 288 g/mol. The molecule has 8 heteroatoms. The van der Waals surface area contributed by atoms with Crippen molar-refractivity contribution in [3.63, 3.8) is 0 Å². The molecule has 0 saturated heterocycles. The molecule has 0 heterocycles. The molecular weight excluding hydrogens is 278 g/mol. The molecule has 1 rings (SSSR count). The van der Waals surface area contributed by atoms with Gasteiger partial charge in [-0.25, -0.2) is 0 Å². The normalized spacial score (nSPS) is 14.3. The van der Waals surface area contributed by atoms with Crippen molar-refractivity contribution in [2.24, 2.45) is 0 Å². The van der Waals surface area contributed by atoms with Crippen LogP contribution in [0.1, 0.15) is 18.1 Å². The summed E-state index contributed by atoms with van der Waals surface area (Å²) in [5.41, 5.74) is -1.65. The number of hydrogen-bond donors (Lipinski definition) is 1. The largest absolute Gasteiger partial charge is 0.481 e. The molecule has 0 aliphatic carbocycles. The molecule has 1 aromatic rings. The first-order valence-corrected chi connectivity index (χ1v) is 5.10. The van der Waals surface area contributed by atoms with Crippen LogP contribution >= 0.6 is 0 Å². The molecule has 0 aliphatic heterocycles. The molecule has 1 N–H and O–H groups in total. The minimum Gasteiger partial charge on any atom is -0.481 e. The van der Waals surface area contributed by atoms with Gasteiger partial charge in [0.05, 0.1) is 12.2 Å². The van der Waals surface area contributed by atoms with Crippen LogP contribution < -0.4 is 4.74 Å². The molecule has 0 fully saturated rings. The van der Waals surface area contributed by atoms with Crippen LogP contribution in [0.25, 0.3) is 0 Å². The molecular formula is C11H10F6O2. The second-order valence-corrected chi connectivity index (χ2v) is 3.78. The lowest BCUT2D eigenvalue weighted by Gasteiger charge is -2.19. The van der Waals surface area contributed by atoms with Gasteiger partial charge in [-0.1, -0.05) is 6.07 Å². The van der Waals surface area contributed by atoms with Gasteiger partial charge in [0.15, 0.2) is 6.10 Å². The Morgan fingerprint density at radius 3 is 2.16 bits per heavy atom. The highest BCUT2D eigenvalue weighted by Gasteiger charge is 2.39. The van der Waals surface area contributed by atoms with Crippen molar-refractivity contribution < 1.29 is 36.2 Å². The molecule has 0 amide bonds.